The Morgan fingerprint density at radius 2 is 1.64 bits per heavy atom. The quantitative estimate of drug-likeness (QED) is 0.113. The van der Waals surface area contributed by atoms with Gasteiger partial charge < -0.3 is 45.2 Å². The Labute approximate surface area is 262 Å². The smallest absolute Gasteiger partial charge is 0.276 e. The zero-order valence-electron chi connectivity index (χ0n) is 24.1. The maximum Gasteiger partial charge on any atom is 0.276 e. The predicted molar refractivity (Wildman–Crippen MR) is 162 cm³/mol. The molecule has 1 saturated heterocycles. The summed E-state index contributed by atoms with van der Waals surface area (Å²) in [7, 11) is 0. The zero-order chi connectivity index (χ0) is 32.7. The predicted octanol–water partition coefficient (Wildman–Crippen LogP) is 0.159. The highest BCUT2D eigenvalue weighted by Crippen LogP contribution is 2.45. The van der Waals surface area contributed by atoms with E-state index in [-0.39, 0.29) is 45.6 Å². The molecule has 0 aliphatic carbocycles. The number of phenols is 2. The molecule has 5 heterocycles. The summed E-state index contributed by atoms with van der Waals surface area (Å²) in [6, 6.07) is 8.77. The van der Waals surface area contributed by atoms with Crippen molar-refractivity contribution in [2.75, 3.05) is 6.61 Å². The van der Waals surface area contributed by atoms with Gasteiger partial charge in [0.2, 0.25) is 0 Å². The number of benzene rings is 3. The second kappa shape index (κ2) is 10.6. The van der Waals surface area contributed by atoms with Gasteiger partial charge in [0.15, 0.2) is 0 Å². The molecule has 3 aromatic carbocycles. The van der Waals surface area contributed by atoms with Crippen molar-refractivity contribution in [1.82, 2.24) is 30.1 Å². The number of fused-ring (bicyclic) bond motifs is 10. The number of hydrogen-bond acceptors (Lipinski definition) is 13. The van der Waals surface area contributed by atoms with E-state index in [9.17, 15) is 40.2 Å². The van der Waals surface area contributed by atoms with Crippen molar-refractivity contribution in [3.8, 4) is 11.5 Å². The van der Waals surface area contributed by atoms with E-state index in [1.807, 2.05) is 0 Å². The highest BCUT2D eigenvalue weighted by atomic mass is 16.8. The molecule has 3 aromatic heterocycles. The molecule has 0 unspecified atom stereocenters. The van der Waals surface area contributed by atoms with Gasteiger partial charge in [0.25, 0.3) is 18.1 Å². The van der Waals surface area contributed by atoms with Gasteiger partial charge in [-0.05, 0) is 24.3 Å². The number of H-pyrrole nitrogens is 1. The van der Waals surface area contributed by atoms with Crippen LogP contribution in [0.5, 0.6) is 11.5 Å². The number of carbonyl (C=O) groups is 2. The number of aromatic amines is 1. The van der Waals surface area contributed by atoms with E-state index in [0.717, 1.165) is 5.01 Å². The average Bonchev–Trinajstić information content (AvgIpc) is 3.67. The lowest BCUT2D eigenvalue weighted by Gasteiger charge is -2.39. The van der Waals surface area contributed by atoms with Crippen LogP contribution in [0.2, 0.25) is 0 Å². The Hall–Kier alpha value is -5.36. The maximum absolute atomic E-state index is 14.2. The minimum atomic E-state index is -1.79. The average molecular weight is 643 g/mol. The van der Waals surface area contributed by atoms with Crippen LogP contribution < -0.4 is 10.3 Å². The molecule has 6 aromatic rings. The van der Waals surface area contributed by atoms with Crippen molar-refractivity contribution >= 4 is 55.4 Å². The van der Waals surface area contributed by atoms with Crippen LogP contribution in [0.3, 0.4) is 0 Å². The topological polar surface area (TPSA) is 236 Å². The van der Waals surface area contributed by atoms with E-state index in [0.29, 0.717) is 32.9 Å². The number of hydrazine groups is 1. The minimum absolute atomic E-state index is 0.00318. The third kappa shape index (κ3) is 4.24. The first kappa shape index (κ1) is 29.1. The fourth-order valence-electron chi connectivity index (χ4n) is 6.44. The van der Waals surface area contributed by atoms with E-state index in [1.165, 1.54) is 53.7 Å². The molecule has 2 aliphatic rings. The third-order valence-electron chi connectivity index (χ3n) is 8.60. The molecule has 8 rings (SSSR count). The Bertz CT molecular complexity index is 2250. The van der Waals surface area contributed by atoms with Crippen molar-refractivity contribution in [2.24, 2.45) is 0 Å². The van der Waals surface area contributed by atoms with Gasteiger partial charge in [-0.15, -0.1) is 0 Å². The fraction of sp³-hybridized carbons (Fsp3) is 0.226. The molecule has 5 atom stereocenters. The Balaban J connectivity index is 1.40. The van der Waals surface area contributed by atoms with E-state index in [1.54, 1.807) is 6.07 Å². The van der Waals surface area contributed by atoms with Crippen molar-refractivity contribution in [1.29, 1.82) is 0 Å². The van der Waals surface area contributed by atoms with E-state index < -0.39 is 49.1 Å². The molecule has 8 N–H and O–H groups in total. The number of aromatic nitrogens is 4. The van der Waals surface area contributed by atoms with Crippen molar-refractivity contribution in [3.63, 3.8) is 0 Å². The van der Waals surface area contributed by atoms with Gasteiger partial charge in [0.1, 0.15) is 41.4 Å². The summed E-state index contributed by atoms with van der Waals surface area (Å²) in [4.78, 5) is 45.9. The standard InChI is InChI=1S/C31H26N6O10/c38-11-19-26(41)27(42)28(43)31(46-19)47-37-18-8-14(40)2-4-16(18)21-23-22(20-15-3-1-13(39)7-17(15)35-24(20)25(21)37)29(44)36(30(23)45)34-10-12-9-32-5-6-33-12/h1-9,19,26-28,31,34-35,38-43H,10-11H2/t19-,26-,27+,28-,31+/m1/s1. The highest BCUT2D eigenvalue weighted by molar-refractivity contribution is 6.39. The molecule has 16 nitrogen and oxygen atoms in total. The number of imide groups is 1. The summed E-state index contributed by atoms with van der Waals surface area (Å²) in [6.45, 7) is -0.695. The number of aromatic hydroxyl groups is 2. The molecule has 1 fully saturated rings. The molecular formula is C31H26N6O10. The van der Waals surface area contributed by atoms with Crippen LogP contribution in [0, 0.1) is 0 Å². The van der Waals surface area contributed by atoms with Crippen LogP contribution in [0.4, 0.5) is 0 Å². The molecule has 240 valence electrons. The van der Waals surface area contributed by atoms with Gasteiger partial charge >= 0.3 is 0 Å². The number of carbonyl (C=O) groups excluding carboxylic acids is 2. The van der Waals surface area contributed by atoms with Crippen LogP contribution in [0.1, 0.15) is 26.4 Å². The summed E-state index contributed by atoms with van der Waals surface area (Å²) < 4.78 is 6.83. The first-order valence-corrected chi connectivity index (χ1v) is 14.5. The van der Waals surface area contributed by atoms with Crippen LogP contribution in [0.25, 0.3) is 43.6 Å². The van der Waals surface area contributed by atoms with E-state index >= 15 is 0 Å². The minimum Gasteiger partial charge on any atom is -0.508 e. The number of rotatable bonds is 6. The third-order valence-corrected chi connectivity index (χ3v) is 8.60. The fourth-order valence-corrected chi connectivity index (χ4v) is 6.44. The van der Waals surface area contributed by atoms with Crippen molar-refractivity contribution in [3.05, 3.63) is 71.8 Å². The van der Waals surface area contributed by atoms with Crippen LogP contribution in [-0.4, -0.2) is 104 Å². The lowest BCUT2D eigenvalue weighted by atomic mass is 9.96. The first-order chi connectivity index (χ1) is 22.7. The molecule has 2 aliphatic heterocycles. The zero-order valence-corrected chi connectivity index (χ0v) is 24.1. The van der Waals surface area contributed by atoms with Crippen LogP contribution in [0.15, 0.2) is 55.0 Å². The van der Waals surface area contributed by atoms with Crippen molar-refractivity contribution in [2.45, 2.75) is 37.3 Å². The van der Waals surface area contributed by atoms with Gasteiger partial charge in [-0.2, -0.15) is 4.73 Å². The van der Waals surface area contributed by atoms with Crippen molar-refractivity contribution < 1.29 is 49.8 Å². The number of nitrogens with zero attached hydrogens (tertiary/aromatic N) is 4. The molecule has 0 radical (unpaired) electrons. The number of hydrogen-bond donors (Lipinski definition) is 8. The van der Waals surface area contributed by atoms with Gasteiger partial charge in [0, 0.05) is 52.3 Å². The van der Waals surface area contributed by atoms with Gasteiger partial charge in [-0.25, -0.2) is 10.4 Å². The van der Waals surface area contributed by atoms with E-state index in [4.69, 9.17) is 9.57 Å². The normalized spacial score (nSPS) is 23.1. The van der Waals surface area contributed by atoms with Gasteiger partial charge in [-0.1, -0.05) is 0 Å². The highest BCUT2D eigenvalue weighted by Gasteiger charge is 2.46. The van der Waals surface area contributed by atoms with Crippen LogP contribution in [-0.2, 0) is 11.3 Å². The maximum atomic E-state index is 14.2. The lowest BCUT2D eigenvalue weighted by molar-refractivity contribution is -0.298. The number of ether oxygens (including phenoxy) is 1. The van der Waals surface area contributed by atoms with E-state index in [2.05, 4.69) is 20.4 Å². The first-order valence-electron chi connectivity index (χ1n) is 14.5. The summed E-state index contributed by atoms with van der Waals surface area (Å²) in [6.07, 6.45) is -3.64. The molecule has 16 heteroatoms. The number of amides is 2. The molecule has 2 amide bonds. The Morgan fingerprint density at radius 3 is 2.36 bits per heavy atom. The Morgan fingerprint density at radius 1 is 0.915 bits per heavy atom. The number of aliphatic hydroxyl groups is 4. The Kier molecular flexibility index (Phi) is 6.55. The van der Waals surface area contributed by atoms with Crippen LogP contribution >= 0.6 is 0 Å². The summed E-state index contributed by atoms with van der Waals surface area (Å²) in [5.74, 6) is -1.57. The number of phenolic OH excluding ortho intramolecular Hbond substituents is 2. The van der Waals surface area contributed by atoms with Gasteiger partial charge in [-0.3, -0.25) is 19.6 Å². The summed E-state index contributed by atoms with van der Waals surface area (Å²) >= 11 is 0. The monoisotopic (exact) mass is 642 g/mol. The molecule has 0 bridgehead atoms. The molecular weight excluding hydrogens is 616 g/mol. The lowest BCUT2D eigenvalue weighted by Crippen LogP contribution is -2.61. The number of aliphatic hydroxyl groups excluding tert-OH is 4. The second-order valence-corrected chi connectivity index (χ2v) is 11.4. The molecule has 47 heavy (non-hydrogen) atoms. The molecule has 0 saturated carbocycles. The SMILES string of the molecule is O=C1c2c(c3c4ccc(O)cc4n(O[C@@H]4O[C@H](CO)[C@@H](O)[C@H](O)[C@H]4O)c3c3[nH]c4cc(O)ccc4c23)C(=O)N1NCc1cnccn1. The molecule has 0 spiro atoms. The summed E-state index contributed by atoms with van der Waals surface area (Å²) in [5.41, 5.74) is 4.54. The number of nitrogens with one attached hydrogen (secondary N) is 2. The largest absolute Gasteiger partial charge is 0.508 e. The van der Waals surface area contributed by atoms with Gasteiger partial charge in [0.05, 0.1) is 46.5 Å². The second-order valence-electron chi connectivity index (χ2n) is 11.4. The summed E-state index contributed by atoms with van der Waals surface area (Å²) in [5, 5.41) is 64.5.